The number of unbranched alkanes of at least 4 members (excludes halogenated alkanes) is 2. The molecule has 0 N–H and O–H groups in total. The van der Waals surface area contributed by atoms with Crippen molar-refractivity contribution in [1.29, 1.82) is 0 Å². The second-order valence-electron chi connectivity index (χ2n) is 5.19. The summed E-state index contributed by atoms with van der Waals surface area (Å²) in [5.41, 5.74) is 2.62. The highest BCUT2D eigenvalue weighted by molar-refractivity contribution is 5.02. The number of nitrogens with zero attached hydrogens (tertiary/aromatic N) is 1. The molecule has 0 unspecified atom stereocenters. The number of hydrogen-bond acceptors (Lipinski definition) is 1. The molecule has 0 aliphatic rings. The van der Waals surface area contributed by atoms with Gasteiger partial charge in [0.15, 0.2) is 0 Å². The smallest absolute Gasteiger partial charge is 0.0190 e. The fourth-order valence-corrected chi connectivity index (χ4v) is 1.96. The van der Waals surface area contributed by atoms with Crippen LogP contribution in [0.15, 0.2) is 24.3 Å². The third-order valence-corrected chi connectivity index (χ3v) is 2.97. The first kappa shape index (κ1) is 16.4. The van der Waals surface area contributed by atoms with E-state index in [1.54, 1.807) is 0 Å². The van der Waals surface area contributed by atoms with Gasteiger partial charge in [-0.3, -0.25) is 4.90 Å². The molecule has 0 radical (unpaired) electrons. The van der Waals surface area contributed by atoms with E-state index in [1.807, 2.05) is 0 Å². The zero-order valence-electron chi connectivity index (χ0n) is 12.2. The lowest BCUT2D eigenvalue weighted by molar-refractivity contribution is 0.287. The summed E-state index contributed by atoms with van der Waals surface area (Å²) in [6.45, 7) is 18.3. The topological polar surface area (TPSA) is 3.24 Å². The molecule has 0 saturated carbocycles. The fourth-order valence-electron chi connectivity index (χ4n) is 1.96. The highest BCUT2D eigenvalue weighted by Crippen LogP contribution is 2.11. The normalized spacial score (nSPS) is 10.8. The van der Waals surface area contributed by atoms with Crippen molar-refractivity contribution in [3.63, 3.8) is 0 Å². The zero-order valence-corrected chi connectivity index (χ0v) is 12.2. The van der Waals surface area contributed by atoms with Crippen molar-refractivity contribution in [2.45, 2.75) is 59.3 Å². The van der Waals surface area contributed by atoms with E-state index in [-0.39, 0.29) is 0 Å². The quantitative estimate of drug-likeness (QED) is 0.368. The molecule has 1 heteroatoms. The second-order valence-corrected chi connectivity index (χ2v) is 5.19. The van der Waals surface area contributed by atoms with Gasteiger partial charge in [0.05, 0.1) is 0 Å². The van der Waals surface area contributed by atoms with Crippen LogP contribution >= 0.6 is 0 Å². The van der Waals surface area contributed by atoms with Crippen molar-refractivity contribution in [3.8, 4) is 0 Å². The Labute approximate surface area is 109 Å². The Bertz CT molecular complexity index is 218. The summed E-state index contributed by atoms with van der Waals surface area (Å²) in [5, 5.41) is 0. The SMILES string of the molecule is C=C(C)CCC(=C)CN(CCC)CCCCC. The molecular formula is C16H31N. The fraction of sp³-hybridized carbons (Fsp3) is 0.750. The lowest BCUT2D eigenvalue weighted by Gasteiger charge is -2.22. The first-order chi connectivity index (χ1) is 8.10. The van der Waals surface area contributed by atoms with Gasteiger partial charge in [0.1, 0.15) is 0 Å². The van der Waals surface area contributed by atoms with Crippen LogP contribution in [-0.4, -0.2) is 24.5 Å². The predicted octanol–water partition coefficient (Wildman–Crippen LogP) is 4.80. The lowest BCUT2D eigenvalue weighted by Crippen LogP contribution is -2.27. The van der Waals surface area contributed by atoms with E-state index in [1.165, 1.54) is 49.9 Å². The van der Waals surface area contributed by atoms with Gasteiger partial charge < -0.3 is 0 Å². The summed E-state index contributed by atoms with van der Waals surface area (Å²) in [6.07, 6.45) is 7.40. The number of rotatable bonds is 11. The average molecular weight is 237 g/mol. The Balaban J connectivity index is 3.87. The molecule has 0 spiro atoms. The molecule has 0 aromatic rings. The molecule has 0 aromatic carbocycles. The van der Waals surface area contributed by atoms with Crippen molar-refractivity contribution in [3.05, 3.63) is 24.3 Å². The highest BCUT2D eigenvalue weighted by Gasteiger charge is 2.05. The molecule has 0 heterocycles. The van der Waals surface area contributed by atoms with Crippen molar-refractivity contribution in [2.24, 2.45) is 0 Å². The van der Waals surface area contributed by atoms with E-state index in [2.05, 4.69) is 38.8 Å². The van der Waals surface area contributed by atoms with Gasteiger partial charge in [0.25, 0.3) is 0 Å². The summed E-state index contributed by atoms with van der Waals surface area (Å²) < 4.78 is 0. The minimum Gasteiger partial charge on any atom is -0.299 e. The summed E-state index contributed by atoms with van der Waals surface area (Å²) >= 11 is 0. The van der Waals surface area contributed by atoms with Gasteiger partial charge in [-0.2, -0.15) is 0 Å². The lowest BCUT2D eigenvalue weighted by atomic mass is 10.1. The molecule has 0 aliphatic heterocycles. The third-order valence-electron chi connectivity index (χ3n) is 2.97. The van der Waals surface area contributed by atoms with Crippen LogP contribution in [0, 0.1) is 0 Å². The van der Waals surface area contributed by atoms with Gasteiger partial charge in [-0.25, -0.2) is 0 Å². The Morgan fingerprint density at radius 2 is 1.65 bits per heavy atom. The average Bonchev–Trinajstić information content (AvgIpc) is 2.27. The molecule has 0 amide bonds. The van der Waals surface area contributed by atoms with E-state index in [4.69, 9.17) is 0 Å². The molecule has 0 aromatic heterocycles. The Hall–Kier alpha value is -0.560. The Morgan fingerprint density at radius 3 is 2.18 bits per heavy atom. The van der Waals surface area contributed by atoms with Crippen LogP contribution in [0.25, 0.3) is 0 Å². The van der Waals surface area contributed by atoms with E-state index < -0.39 is 0 Å². The third kappa shape index (κ3) is 10.3. The largest absolute Gasteiger partial charge is 0.299 e. The Morgan fingerprint density at radius 1 is 0.941 bits per heavy atom. The molecular weight excluding hydrogens is 206 g/mol. The van der Waals surface area contributed by atoms with Gasteiger partial charge in [-0.05, 0) is 45.7 Å². The molecule has 0 bridgehead atoms. The molecule has 100 valence electrons. The summed E-state index contributed by atoms with van der Waals surface area (Å²) in [4.78, 5) is 2.55. The predicted molar refractivity (Wildman–Crippen MR) is 79.4 cm³/mol. The van der Waals surface area contributed by atoms with E-state index in [0.717, 1.165) is 19.4 Å². The molecule has 0 aliphatic carbocycles. The first-order valence-electron chi connectivity index (χ1n) is 7.13. The first-order valence-corrected chi connectivity index (χ1v) is 7.13. The maximum absolute atomic E-state index is 4.19. The van der Waals surface area contributed by atoms with Crippen LogP contribution in [0.1, 0.15) is 59.3 Å². The van der Waals surface area contributed by atoms with Gasteiger partial charge in [0.2, 0.25) is 0 Å². The van der Waals surface area contributed by atoms with Crippen LogP contribution < -0.4 is 0 Å². The maximum atomic E-state index is 4.19. The zero-order chi connectivity index (χ0) is 13.1. The van der Waals surface area contributed by atoms with Crippen molar-refractivity contribution >= 4 is 0 Å². The van der Waals surface area contributed by atoms with Crippen molar-refractivity contribution in [1.82, 2.24) is 4.90 Å². The standard InChI is InChI=1S/C16H31N/c1-6-8-9-13-17(12-7-2)14-16(5)11-10-15(3)4/h3,5-14H2,1-2,4H3. The second kappa shape index (κ2) is 10.6. The monoisotopic (exact) mass is 237 g/mol. The van der Waals surface area contributed by atoms with E-state index in [0.29, 0.717) is 0 Å². The van der Waals surface area contributed by atoms with Gasteiger partial charge in [-0.15, -0.1) is 6.58 Å². The van der Waals surface area contributed by atoms with Gasteiger partial charge in [0, 0.05) is 6.54 Å². The molecule has 17 heavy (non-hydrogen) atoms. The minimum atomic E-state index is 1.07. The van der Waals surface area contributed by atoms with E-state index >= 15 is 0 Å². The molecule has 1 nitrogen and oxygen atoms in total. The van der Waals surface area contributed by atoms with Gasteiger partial charge >= 0.3 is 0 Å². The molecule has 0 atom stereocenters. The number of hydrogen-bond donors (Lipinski definition) is 0. The molecule has 0 rings (SSSR count). The van der Waals surface area contributed by atoms with E-state index in [9.17, 15) is 0 Å². The van der Waals surface area contributed by atoms with Crippen LogP contribution in [0.3, 0.4) is 0 Å². The minimum absolute atomic E-state index is 1.07. The molecule has 0 fully saturated rings. The summed E-state index contributed by atoms with van der Waals surface area (Å²) in [7, 11) is 0. The van der Waals surface area contributed by atoms with Crippen LogP contribution in [0.2, 0.25) is 0 Å². The van der Waals surface area contributed by atoms with Gasteiger partial charge in [-0.1, -0.05) is 44.4 Å². The highest BCUT2D eigenvalue weighted by atomic mass is 15.1. The summed E-state index contributed by atoms with van der Waals surface area (Å²) in [5.74, 6) is 0. The van der Waals surface area contributed by atoms with Crippen LogP contribution in [0.5, 0.6) is 0 Å². The molecule has 0 saturated heterocycles. The van der Waals surface area contributed by atoms with Crippen molar-refractivity contribution < 1.29 is 0 Å². The van der Waals surface area contributed by atoms with Crippen molar-refractivity contribution in [2.75, 3.05) is 19.6 Å². The Kier molecular flexibility index (Phi) is 10.2. The van der Waals surface area contributed by atoms with Crippen LogP contribution in [-0.2, 0) is 0 Å². The number of allylic oxidation sites excluding steroid dienone is 1. The van der Waals surface area contributed by atoms with Crippen LogP contribution in [0.4, 0.5) is 0 Å². The summed E-state index contributed by atoms with van der Waals surface area (Å²) in [6, 6.07) is 0. The maximum Gasteiger partial charge on any atom is 0.0190 e.